The van der Waals surface area contributed by atoms with Gasteiger partial charge in [0.05, 0.1) is 0 Å². The minimum Gasteiger partial charge on any atom is -0.328 e. The molecule has 0 spiro atoms. The molecular formula is C9H11BrClN. The average molecular weight is 249 g/mol. The van der Waals surface area contributed by atoms with E-state index in [0.717, 1.165) is 15.9 Å². The predicted molar refractivity (Wildman–Crippen MR) is 56.5 cm³/mol. The van der Waals surface area contributed by atoms with E-state index in [2.05, 4.69) is 15.9 Å². The summed E-state index contributed by atoms with van der Waals surface area (Å²) in [6.45, 7) is 1.98. The van der Waals surface area contributed by atoms with E-state index in [1.54, 1.807) is 0 Å². The molecule has 0 heterocycles. The van der Waals surface area contributed by atoms with Gasteiger partial charge < -0.3 is 5.73 Å². The van der Waals surface area contributed by atoms with E-state index in [-0.39, 0.29) is 6.04 Å². The van der Waals surface area contributed by atoms with Crippen molar-refractivity contribution in [2.45, 2.75) is 19.4 Å². The fourth-order valence-corrected chi connectivity index (χ4v) is 2.03. The topological polar surface area (TPSA) is 26.0 Å². The lowest BCUT2D eigenvalue weighted by Crippen LogP contribution is -2.17. The first-order valence-electron chi connectivity index (χ1n) is 3.78. The third-order valence-electron chi connectivity index (χ3n) is 1.48. The molecule has 0 bridgehead atoms. The van der Waals surface area contributed by atoms with E-state index in [1.165, 1.54) is 5.56 Å². The maximum atomic E-state index is 5.86. The molecule has 1 aromatic carbocycles. The van der Waals surface area contributed by atoms with Crippen molar-refractivity contribution in [1.82, 2.24) is 0 Å². The van der Waals surface area contributed by atoms with Gasteiger partial charge in [-0.05, 0) is 37.1 Å². The van der Waals surface area contributed by atoms with Crippen molar-refractivity contribution in [2.75, 3.05) is 0 Å². The summed E-state index contributed by atoms with van der Waals surface area (Å²) in [7, 11) is 0. The molecule has 0 aliphatic heterocycles. The minimum atomic E-state index is 0.176. The first-order valence-corrected chi connectivity index (χ1v) is 4.95. The molecule has 0 saturated heterocycles. The van der Waals surface area contributed by atoms with Gasteiger partial charge in [-0.15, -0.1) is 0 Å². The zero-order valence-electron chi connectivity index (χ0n) is 6.85. The number of rotatable bonds is 2. The van der Waals surface area contributed by atoms with Gasteiger partial charge in [0, 0.05) is 15.5 Å². The van der Waals surface area contributed by atoms with Crippen LogP contribution in [0.25, 0.3) is 0 Å². The maximum absolute atomic E-state index is 5.86. The molecule has 1 unspecified atom stereocenters. The van der Waals surface area contributed by atoms with Crippen molar-refractivity contribution < 1.29 is 0 Å². The number of halogens is 2. The number of benzene rings is 1. The number of hydrogen-bond acceptors (Lipinski definition) is 1. The van der Waals surface area contributed by atoms with Gasteiger partial charge in [-0.3, -0.25) is 0 Å². The fourth-order valence-electron chi connectivity index (χ4n) is 1.10. The van der Waals surface area contributed by atoms with Gasteiger partial charge in [0.25, 0.3) is 0 Å². The van der Waals surface area contributed by atoms with Crippen molar-refractivity contribution >= 4 is 27.5 Å². The van der Waals surface area contributed by atoms with Crippen LogP contribution in [0.2, 0.25) is 5.02 Å². The SMILES string of the molecule is CC(N)Cc1cc(Cl)cc(Br)c1. The molecule has 12 heavy (non-hydrogen) atoms. The molecule has 0 aromatic heterocycles. The minimum absolute atomic E-state index is 0.176. The zero-order chi connectivity index (χ0) is 9.14. The highest BCUT2D eigenvalue weighted by Gasteiger charge is 2.00. The summed E-state index contributed by atoms with van der Waals surface area (Å²) in [5, 5.41) is 0.750. The van der Waals surface area contributed by atoms with Crippen molar-refractivity contribution in [3.63, 3.8) is 0 Å². The van der Waals surface area contributed by atoms with Gasteiger partial charge in [0.1, 0.15) is 0 Å². The normalized spacial score (nSPS) is 13.0. The lowest BCUT2D eigenvalue weighted by Gasteiger charge is -2.05. The Morgan fingerprint density at radius 1 is 1.50 bits per heavy atom. The van der Waals surface area contributed by atoms with Crippen LogP contribution in [-0.2, 0) is 6.42 Å². The van der Waals surface area contributed by atoms with Crippen LogP contribution in [0.3, 0.4) is 0 Å². The van der Waals surface area contributed by atoms with Crippen molar-refractivity contribution in [1.29, 1.82) is 0 Å². The van der Waals surface area contributed by atoms with Crippen LogP contribution in [0, 0.1) is 0 Å². The monoisotopic (exact) mass is 247 g/mol. The molecule has 0 aliphatic carbocycles. The van der Waals surface area contributed by atoms with E-state index in [0.29, 0.717) is 0 Å². The molecule has 1 nitrogen and oxygen atoms in total. The van der Waals surface area contributed by atoms with Gasteiger partial charge in [0.2, 0.25) is 0 Å². The van der Waals surface area contributed by atoms with Gasteiger partial charge in [-0.2, -0.15) is 0 Å². The molecule has 3 heteroatoms. The Kier molecular flexibility index (Phi) is 3.56. The van der Waals surface area contributed by atoms with Gasteiger partial charge in [0.15, 0.2) is 0 Å². The van der Waals surface area contributed by atoms with Crippen LogP contribution < -0.4 is 5.73 Å². The highest BCUT2D eigenvalue weighted by Crippen LogP contribution is 2.20. The lowest BCUT2D eigenvalue weighted by atomic mass is 10.1. The molecule has 1 aromatic rings. The van der Waals surface area contributed by atoms with E-state index in [4.69, 9.17) is 17.3 Å². The van der Waals surface area contributed by atoms with Gasteiger partial charge in [-0.25, -0.2) is 0 Å². The first kappa shape index (κ1) is 10.0. The van der Waals surface area contributed by atoms with E-state index in [1.807, 2.05) is 25.1 Å². The second kappa shape index (κ2) is 4.26. The molecule has 0 radical (unpaired) electrons. The Balaban J connectivity index is 2.85. The lowest BCUT2D eigenvalue weighted by molar-refractivity contribution is 0.738. The van der Waals surface area contributed by atoms with Gasteiger partial charge in [-0.1, -0.05) is 27.5 Å². The summed E-state index contributed by atoms with van der Waals surface area (Å²) < 4.78 is 1.01. The van der Waals surface area contributed by atoms with Crippen LogP contribution in [0.4, 0.5) is 0 Å². The maximum Gasteiger partial charge on any atom is 0.0419 e. The highest BCUT2D eigenvalue weighted by atomic mass is 79.9. The van der Waals surface area contributed by atoms with Crippen molar-refractivity contribution in [3.05, 3.63) is 33.3 Å². The fraction of sp³-hybridized carbons (Fsp3) is 0.333. The number of nitrogens with two attached hydrogens (primary N) is 1. The largest absolute Gasteiger partial charge is 0.328 e. The third kappa shape index (κ3) is 3.13. The second-order valence-corrected chi connectivity index (χ2v) is 4.31. The van der Waals surface area contributed by atoms with Crippen LogP contribution in [0.5, 0.6) is 0 Å². The summed E-state index contributed by atoms with van der Waals surface area (Å²) in [5.41, 5.74) is 6.84. The molecule has 66 valence electrons. The first-order chi connectivity index (χ1) is 5.58. The molecular weight excluding hydrogens is 237 g/mol. The smallest absolute Gasteiger partial charge is 0.0419 e. The summed E-state index contributed by atoms with van der Waals surface area (Å²) in [4.78, 5) is 0. The standard InChI is InChI=1S/C9H11BrClN/c1-6(12)2-7-3-8(10)5-9(11)4-7/h3-6H,2,12H2,1H3. The summed E-state index contributed by atoms with van der Waals surface area (Å²) in [5.74, 6) is 0. The predicted octanol–water partition coefficient (Wildman–Crippen LogP) is 2.99. The number of hydrogen-bond donors (Lipinski definition) is 1. The molecule has 2 N–H and O–H groups in total. The van der Waals surface area contributed by atoms with Crippen molar-refractivity contribution in [3.8, 4) is 0 Å². The van der Waals surface area contributed by atoms with Crippen LogP contribution in [-0.4, -0.2) is 6.04 Å². The Morgan fingerprint density at radius 2 is 2.17 bits per heavy atom. The molecule has 0 aliphatic rings. The Hall–Kier alpha value is -0.0500. The highest BCUT2D eigenvalue weighted by molar-refractivity contribution is 9.10. The Labute approximate surface area is 86.0 Å². The van der Waals surface area contributed by atoms with Crippen molar-refractivity contribution in [2.24, 2.45) is 5.73 Å². The summed E-state index contributed by atoms with van der Waals surface area (Å²) in [6, 6.07) is 6.02. The van der Waals surface area contributed by atoms with Crippen LogP contribution >= 0.6 is 27.5 Å². The summed E-state index contributed by atoms with van der Waals surface area (Å²) in [6.07, 6.45) is 0.860. The van der Waals surface area contributed by atoms with E-state index in [9.17, 15) is 0 Å². The third-order valence-corrected chi connectivity index (χ3v) is 2.16. The second-order valence-electron chi connectivity index (χ2n) is 2.96. The summed E-state index contributed by atoms with van der Waals surface area (Å²) >= 11 is 9.24. The van der Waals surface area contributed by atoms with Gasteiger partial charge >= 0.3 is 0 Å². The van der Waals surface area contributed by atoms with Crippen LogP contribution in [0.1, 0.15) is 12.5 Å². The molecule has 0 fully saturated rings. The molecule has 1 rings (SSSR count). The Morgan fingerprint density at radius 3 is 2.67 bits per heavy atom. The van der Waals surface area contributed by atoms with Crippen LogP contribution in [0.15, 0.2) is 22.7 Å². The molecule has 0 amide bonds. The quantitative estimate of drug-likeness (QED) is 0.855. The average Bonchev–Trinajstić information content (AvgIpc) is 1.81. The molecule has 1 atom stereocenters. The van der Waals surface area contributed by atoms with E-state index < -0.39 is 0 Å². The zero-order valence-corrected chi connectivity index (χ0v) is 9.19. The Bertz CT molecular complexity index is 253. The molecule has 0 saturated carbocycles. The van der Waals surface area contributed by atoms with E-state index >= 15 is 0 Å².